The molecular weight excluding hydrogens is 515 g/mol. The number of nitrogens with one attached hydrogen (secondary N) is 1. The highest BCUT2D eigenvalue weighted by molar-refractivity contribution is 5.94. The lowest BCUT2D eigenvalue weighted by atomic mass is 10.0. The van der Waals surface area contributed by atoms with Crippen molar-refractivity contribution in [1.29, 1.82) is 0 Å². The number of halogens is 4. The zero-order valence-electron chi connectivity index (χ0n) is 19.5. The quantitative estimate of drug-likeness (QED) is 0.348. The molecule has 0 radical (unpaired) electrons. The Kier molecular flexibility index (Phi) is 8.49. The number of ether oxygens (including phenoxy) is 1. The first kappa shape index (κ1) is 28.0. The zero-order chi connectivity index (χ0) is 26.0. The van der Waals surface area contributed by atoms with Crippen molar-refractivity contribution in [1.82, 2.24) is 4.98 Å². The monoisotopic (exact) mass is 539 g/mol. The lowest BCUT2D eigenvalue weighted by Gasteiger charge is -2.15. The Bertz CT molecular complexity index is 1360. The number of fused-ring (bicyclic) bond motifs is 1. The van der Waals surface area contributed by atoms with E-state index < -0.39 is 41.5 Å². The number of anilines is 1. The third-order valence-corrected chi connectivity index (χ3v) is 6.15. The summed E-state index contributed by atoms with van der Waals surface area (Å²) in [5.41, 5.74) is 4.38. The molecule has 1 unspecified atom stereocenters. The van der Waals surface area contributed by atoms with Crippen molar-refractivity contribution in [2.45, 2.75) is 44.0 Å². The number of rotatable bonds is 8. The van der Waals surface area contributed by atoms with Crippen LogP contribution in [0.2, 0.25) is 0 Å². The van der Waals surface area contributed by atoms with E-state index in [1.807, 2.05) is 0 Å². The highest BCUT2D eigenvalue weighted by Gasteiger charge is 2.34. The number of carboxylic acid groups (broad SMARTS) is 1. The van der Waals surface area contributed by atoms with Crippen molar-refractivity contribution in [3.63, 3.8) is 0 Å². The number of cyclic esters (lactones) is 1. The molecule has 12 heteroatoms. The molecule has 3 aromatic rings. The second kappa shape index (κ2) is 11.2. The molecule has 8 nitrogen and oxygen atoms in total. The number of unbranched alkanes of at least 4 members (excludes halogenated alkanes) is 1. The van der Waals surface area contributed by atoms with Crippen LogP contribution in [-0.2, 0) is 15.7 Å². The van der Waals surface area contributed by atoms with Crippen LogP contribution >= 0.6 is 12.4 Å². The van der Waals surface area contributed by atoms with Crippen LogP contribution in [0.5, 0.6) is 0 Å². The number of aliphatic carboxylic acids is 1. The molecule has 1 amide bonds. The van der Waals surface area contributed by atoms with Crippen molar-refractivity contribution in [3.8, 4) is 11.3 Å². The predicted octanol–water partition coefficient (Wildman–Crippen LogP) is 4.93. The molecule has 4 N–H and O–H groups in total. The summed E-state index contributed by atoms with van der Waals surface area (Å²) in [6, 6.07) is 10.2. The first-order chi connectivity index (χ1) is 17.0. The molecule has 1 saturated heterocycles. The van der Waals surface area contributed by atoms with Crippen molar-refractivity contribution in [3.05, 3.63) is 64.4 Å². The van der Waals surface area contributed by atoms with Gasteiger partial charge in [0.1, 0.15) is 12.1 Å². The second-order valence-electron chi connectivity index (χ2n) is 8.67. The summed E-state index contributed by atoms with van der Waals surface area (Å²) >= 11 is 0. The number of H-pyrrole nitrogens is 1. The Morgan fingerprint density at radius 2 is 1.89 bits per heavy atom. The van der Waals surface area contributed by atoms with E-state index in [9.17, 15) is 27.6 Å². The number of aromatic amines is 1. The number of carbonyl (C=O) groups excluding carboxylic acids is 1. The van der Waals surface area contributed by atoms with Crippen LogP contribution in [0.1, 0.15) is 31.2 Å². The van der Waals surface area contributed by atoms with E-state index in [0.29, 0.717) is 36.8 Å². The molecule has 1 aromatic heterocycles. The lowest BCUT2D eigenvalue weighted by Crippen LogP contribution is -2.29. The van der Waals surface area contributed by atoms with Crippen molar-refractivity contribution in [2.24, 2.45) is 5.73 Å². The Labute approximate surface area is 215 Å². The number of alkyl halides is 3. The lowest BCUT2D eigenvalue weighted by molar-refractivity contribution is -0.139. The average Bonchev–Trinajstić information content (AvgIpc) is 3.21. The number of hydrogen-bond donors (Lipinski definition) is 3. The third-order valence-electron chi connectivity index (χ3n) is 6.15. The van der Waals surface area contributed by atoms with Gasteiger partial charge in [0.2, 0.25) is 0 Å². The standard InChI is InChI=1S/C25H24F3N3O5.ClH/c26-25(27,28)19-7-3-2-6-17(19)21-11-14-9-10-15(12-18(14)22(32)30-21)31-13-16(36-24(31)35)5-1-4-8-20(29)23(33)34;/h2-3,6-7,9-12,16,20H,1,4-5,8,13,29H2,(H,30,32)(H,33,34);1H/t16?,20-;/m0./s1. The molecule has 2 aromatic carbocycles. The molecule has 4 rings (SSSR count). The summed E-state index contributed by atoms with van der Waals surface area (Å²) in [4.78, 5) is 39.9. The number of carboxylic acids is 1. The van der Waals surface area contributed by atoms with Gasteiger partial charge in [0.05, 0.1) is 12.1 Å². The minimum atomic E-state index is -4.58. The molecule has 37 heavy (non-hydrogen) atoms. The van der Waals surface area contributed by atoms with Gasteiger partial charge in [0.25, 0.3) is 5.56 Å². The summed E-state index contributed by atoms with van der Waals surface area (Å²) in [6.45, 7) is 0.254. The number of benzene rings is 2. The fourth-order valence-corrected chi connectivity index (χ4v) is 4.27. The van der Waals surface area contributed by atoms with Gasteiger partial charge < -0.3 is 20.6 Å². The molecule has 1 aliphatic rings. The SMILES string of the molecule is Cl.N[C@@H](CCCCC1CN(c2ccc3cc(-c4ccccc4C(F)(F)F)[nH]c(=O)c3c2)C(=O)O1)C(=O)O. The molecule has 1 aliphatic heterocycles. The Morgan fingerprint density at radius 1 is 1.16 bits per heavy atom. The molecule has 0 spiro atoms. The van der Waals surface area contributed by atoms with Crippen LogP contribution in [0.25, 0.3) is 22.0 Å². The predicted molar refractivity (Wildman–Crippen MR) is 134 cm³/mol. The van der Waals surface area contributed by atoms with Gasteiger partial charge in [0.15, 0.2) is 0 Å². The molecule has 1 fully saturated rings. The highest BCUT2D eigenvalue weighted by atomic mass is 35.5. The topological polar surface area (TPSA) is 126 Å². The van der Waals surface area contributed by atoms with Crippen LogP contribution < -0.4 is 16.2 Å². The van der Waals surface area contributed by atoms with Crippen LogP contribution in [0.4, 0.5) is 23.7 Å². The maximum atomic E-state index is 13.4. The second-order valence-corrected chi connectivity index (χ2v) is 8.67. The summed E-state index contributed by atoms with van der Waals surface area (Å²) in [5, 5.41) is 9.48. The maximum absolute atomic E-state index is 13.4. The van der Waals surface area contributed by atoms with E-state index in [4.69, 9.17) is 15.6 Å². The van der Waals surface area contributed by atoms with Crippen molar-refractivity contribution in [2.75, 3.05) is 11.4 Å². The first-order valence-electron chi connectivity index (χ1n) is 11.3. The van der Waals surface area contributed by atoms with E-state index in [1.54, 1.807) is 12.1 Å². The molecule has 2 atom stereocenters. The van der Waals surface area contributed by atoms with Crippen LogP contribution in [0.15, 0.2) is 53.3 Å². The molecule has 2 heterocycles. The third kappa shape index (κ3) is 6.23. The van der Waals surface area contributed by atoms with E-state index in [2.05, 4.69) is 4.98 Å². The Hall–Kier alpha value is -3.57. The molecule has 198 valence electrons. The summed E-state index contributed by atoms with van der Waals surface area (Å²) in [6.07, 6.45) is -3.49. The first-order valence-corrected chi connectivity index (χ1v) is 11.3. The van der Waals surface area contributed by atoms with Gasteiger partial charge >= 0.3 is 18.2 Å². The summed E-state index contributed by atoms with van der Waals surface area (Å²) in [5.74, 6) is -1.06. The summed E-state index contributed by atoms with van der Waals surface area (Å²) in [7, 11) is 0. The van der Waals surface area contributed by atoms with Gasteiger partial charge in [-0.15, -0.1) is 12.4 Å². The van der Waals surface area contributed by atoms with Crippen LogP contribution in [0, 0.1) is 0 Å². The number of amides is 1. The molecular formula is C25H25ClF3N3O5. The largest absolute Gasteiger partial charge is 0.480 e. The van der Waals surface area contributed by atoms with E-state index in [-0.39, 0.29) is 35.6 Å². The number of nitrogens with two attached hydrogens (primary N) is 1. The number of aromatic nitrogens is 1. The number of carbonyl (C=O) groups is 2. The molecule has 0 aliphatic carbocycles. The van der Waals surface area contributed by atoms with E-state index in [0.717, 1.165) is 6.07 Å². The van der Waals surface area contributed by atoms with Gasteiger partial charge in [0, 0.05) is 22.3 Å². The van der Waals surface area contributed by atoms with Crippen molar-refractivity contribution < 1.29 is 32.6 Å². The van der Waals surface area contributed by atoms with Crippen molar-refractivity contribution >= 4 is 40.9 Å². The van der Waals surface area contributed by atoms with Gasteiger partial charge in [-0.05, 0) is 48.9 Å². The van der Waals surface area contributed by atoms with Gasteiger partial charge in [-0.2, -0.15) is 13.2 Å². The van der Waals surface area contributed by atoms with Crippen LogP contribution in [-0.4, -0.2) is 40.8 Å². The summed E-state index contributed by atoms with van der Waals surface area (Å²) < 4.78 is 45.7. The smallest absolute Gasteiger partial charge is 0.417 e. The number of hydrogen-bond acceptors (Lipinski definition) is 5. The van der Waals surface area contributed by atoms with Gasteiger partial charge in [-0.3, -0.25) is 14.5 Å². The zero-order valence-corrected chi connectivity index (χ0v) is 20.3. The highest BCUT2D eigenvalue weighted by Crippen LogP contribution is 2.37. The number of pyridine rings is 1. The molecule has 0 bridgehead atoms. The Balaban J connectivity index is 0.00000380. The minimum Gasteiger partial charge on any atom is -0.480 e. The maximum Gasteiger partial charge on any atom is 0.417 e. The van der Waals surface area contributed by atoms with Gasteiger partial charge in [-0.25, -0.2) is 4.79 Å². The van der Waals surface area contributed by atoms with Gasteiger partial charge in [-0.1, -0.05) is 30.7 Å². The van der Waals surface area contributed by atoms with E-state index in [1.165, 1.54) is 35.2 Å². The fraction of sp³-hybridized carbons (Fsp3) is 0.320. The normalized spacial score (nSPS) is 16.4. The molecule has 0 saturated carbocycles. The van der Waals surface area contributed by atoms with E-state index >= 15 is 0 Å². The number of nitrogens with zero attached hydrogens (tertiary/aromatic N) is 1. The fourth-order valence-electron chi connectivity index (χ4n) is 4.27. The average molecular weight is 540 g/mol. The minimum absolute atomic E-state index is 0. The Morgan fingerprint density at radius 3 is 2.59 bits per heavy atom. The van der Waals surface area contributed by atoms with Crippen LogP contribution in [0.3, 0.4) is 0 Å².